The summed E-state index contributed by atoms with van der Waals surface area (Å²) in [6.45, 7) is 9.10. The Kier molecular flexibility index (Phi) is 6.32. The van der Waals surface area contributed by atoms with Crippen molar-refractivity contribution in [1.29, 1.82) is 0 Å². The van der Waals surface area contributed by atoms with Gasteiger partial charge in [0.2, 0.25) is 0 Å². The summed E-state index contributed by atoms with van der Waals surface area (Å²) in [7, 11) is 0. The fourth-order valence-corrected chi connectivity index (χ4v) is 4.70. The molecule has 0 radical (unpaired) electrons. The van der Waals surface area contributed by atoms with E-state index < -0.39 is 0 Å². The largest absolute Gasteiger partial charge is 0.367 e. The van der Waals surface area contributed by atoms with Crippen molar-refractivity contribution in [2.45, 2.75) is 20.3 Å². The highest BCUT2D eigenvalue weighted by molar-refractivity contribution is 6.08. The molecule has 0 aliphatic carbocycles. The number of carbonyl (C=O) groups is 1. The lowest BCUT2D eigenvalue weighted by Gasteiger charge is -2.37. The van der Waals surface area contributed by atoms with Crippen LogP contribution in [0.2, 0.25) is 0 Å². The van der Waals surface area contributed by atoms with Crippen LogP contribution in [0.1, 0.15) is 27.2 Å². The van der Waals surface area contributed by atoms with Crippen LogP contribution in [0.3, 0.4) is 0 Å². The standard InChI is InChI=1S/C28H31N5O/c1-20-21(2)30-25-8-7-23(19-24(20)25)28(34)31-26-5-3-4-6-27(26)33-17-15-32(16-18-33)14-11-22-9-12-29-13-10-22/h3-10,12-13,19,30H,11,14-18H2,1-2H3,(H,31,34). The smallest absolute Gasteiger partial charge is 0.255 e. The van der Waals surface area contributed by atoms with E-state index in [1.807, 2.05) is 48.8 Å². The van der Waals surface area contributed by atoms with Crippen LogP contribution in [0.25, 0.3) is 10.9 Å². The number of fused-ring (bicyclic) bond motifs is 1. The maximum absolute atomic E-state index is 13.1. The first-order chi connectivity index (χ1) is 16.6. The van der Waals surface area contributed by atoms with Crippen molar-refractivity contribution in [1.82, 2.24) is 14.9 Å². The average Bonchev–Trinajstić information content (AvgIpc) is 3.17. The fourth-order valence-electron chi connectivity index (χ4n) is 4.70. The zero-order chi connectivity index (χ0) is 23.5. The van der Waals surface area contributed by atoms with Crippen LogP contribution in [-0.4, -0.2) is 53.5 Å². The third-order valence-electron chi connectivity index (χ3n) is 6.90. The third-order valence-corrected chi connectivity index (χ3v) is 6.90. The number of H-pyrrole nitrogens is 1. The number of aromatic amines is 1. The van der Waals surface area contributed by atoms with Gasteiger partial charge in [0.15, 0.2) is 0 Å². The van der Waals surface area contributed by atoms with Crippen LogP contribution in [0.5, 0.6) is 0 Å². The number of pyridine rings is 1. The van der Waals surface area contributed by atoms with Gasteiger partial charge in [0, 0.05) is 67.3 Å². The van der Waals surface area contributed by atoms with Gasteiger partial charge in [0.1, 0.15) is 0 Å². The maximum atomic E-state index is 13.1. The summed E-state index contributed by atoms with van der Waals surface area (Å²) >= 11 is 0. The van der Waals surface area contributed by atoms with E-state index in [0.29, 0.717) is 5.56 Å². The summed E-state index contributed by atoms with van der Waals surface area (Å²) in [5.41, 5.74) is 7.33. The van der Waals surface area contributed by atoms with Gasteiger partial charge >= 0.3 is 0 Å². The Morgan fingerprint density at radius 2 is 1.76 bits per heavy atom. The van der Waals surface area contributed by atoms with Crippen molar-refractivity contribution in [2.24, 2.45) is 0 Å². The summed E-state index contributed by atoms with van der Waals surface area (Å²) < 4.78 is 0. The Morgan fingerprint density at radius 3 is 2.56 bits per heavy atom. The molecule has 0 atom stereocenters. The molecule has 1 fully saturated rings. The zero-order valence-corrected chi connectivity index (χ0v) is 19.8. The zero-order valence-electron chi connectivity index (χ0n) is 19.8. The summed E-state index contributed by atoms with van der Waals surface area (Å²) in [5.74, 6) is -0.0800. The molecule has 3 heterocycles. The van der Waals surface area contributed by atoms with Gasteiger partial charge in [-0.3, -0.25) is 14.7 Å². The average molecular weight is 454 g/mol. The van der Waals surface area contributed by atoms with E-state index in [9.17, 15) is 4.79 Å². The molecule has 1 saturated heterocycles. The van der Waals surface area contributed by atoms with E-state index in [1.54, 1.807) is 0 Å². The molecule has 0 saturated carbocycles. The number of aryl methyl sites for hydroxylation is 2. The van der Waals surface area contributed by atoms with Gasteiger partial charge in [-0.05, 0) is 73.9 Å². The van der Waals surface area contributed by atoms with E-state index in [1.165, 1.54) is 11.1 Å². The first kappa shape index (κ1) is 22.2. The minimum absolute atomic E-state index is 0.0800. The Hall–Kier alpha value is -3.64. The van der Waals surface area contributed by atoms with Crippen molar-refractivity contribution in [2.75, 3.05) is 42.9 Å². The first-order valence-electron chi connectivity index (χ1n) is 11.9. The number of rotatable bonds is 6. The molecule has 6 nitrogen and oxygen atoms in total. The second-order valence-corrected chi connectivity index (χ2v) is 9.04. The van der Waals surface area contributed by atoms with E-state index >= 15 is 0 Å². The van der Waals surface area contributed by atoms with Crippen molar-refractivity contribution < 1.29 is 4.79 Å². The second kappa shape index (κ2) is 9.69. The molecule has 0 bridgehead atoms. The number of benzene rings is 2. The number of aromatic nitrogens is 2. The van der Waals surface area contributed by atoms with Gasteiger partial charge in [0.05, 0.1) is 11.4 Å². The highest BCUT2D eigenvalue weighted by Crippen LogP contribution is 2.28. The molecule has 2 N–H and O–H groups in total. The molecule has 4 aromatic rings. The van der Waals surface area contributed by atoms with E-state index in [0.717, 1.165) is 67.1 Å². The van der Waals surface area contributed by atoms with Crippen molar-refractivity contribution in [3.8, 4) is 0 Å². The highest BCUT2D eigenvalue weighted by Gasteiger charge is 2.20. The normalized spacial score (nSPS) is 14.5. The van der Waals surface area contributed by atoms with Gasteiger partial charge in [-0.2, -0.15) is 0 Å². The molecular weight excluding hydrogens is 422 g/mol. The van der Waals surface area contributed by atoms with Crippen LogP contribution in [0.15, 0.2) is 67.0 Å². The number of hydrogen-bond acceptors (Lipinski definition) is 4. The molecule has 5 rings (SSSR count). The van der Waals surface area contributed by atoms with E-state index in [-0.39, 0.29) is 5.91 Å². The summed E-state index contributed by atoms with van der Waals surface area (Å²) in [6.07, 6.45) is 4.76. The van der Waals surface area contributed by atoms with Crippen LogP contribution < -0.4 is 10.2 Å². The van der Waals surface area contributed by atoms with Crippen molar-refractivity contribution in [3.05, 3.63) is 89.4 Å². The molecule has 0 spiro atoms. The quantitative estimate of drug-likeness (QED) is 0.440. The predicted molar refractivity (Wildman–Crippen MR) is 139 cm³/mol. The van der Waals surface area contributed by atoms with Gasteiger partial charge in [0.25, 0.3) is 5.91 Å². The number of carbonyl (C=O) groups excluding carboxylic acids is 1. The molecular formula is C28H31N5O. The third kappa shape index (κ3) is 4.68. The lowest BCUT2D eigenvalue weighted by molar-refractivity contribution is 0.102. The number of nitrogens with one attached hydrogen (secondary N) is 2. The maximum Gasteiger partial charge on any atom is 0.255 e. The molecule has 6 heteroatoms. The topological polar surface area (TPSA) is 64.3 Å². The van der Waals surface area contributed by atoms with Gasteiger partial charge in [-0.25, -0.2) is 0 Å². The highest BCUT2D eigenvalue weighted by atomic mass is 16.1. The number of amides is 1. The monoisotopic (exact) mass is 453 g/mol. The molecule has 1 aliphatic heterocycles. The number of hydrogen-bond donors (Lipinski definition) is 2. The Morgan fingerprint density at radius 1 is 1.00 bits per heavy atom. The summed E-state index contributed by atoms with van der Waals surface area (Å²) in [4.78, 5) is 25.5. The summed E-state index contributed by atoms with van der Waals surface area (Å²) in [6, 6.07) is 18.1. The Bertz CT molecular complexity index is 1290. The molecule has 174 valence electrons. The van der Waals surface area contributed by atoms with Gasteiger partial charge < -0.3 is 15.2 Å². The van der Waals surface area contributed by atoms with E-state index in [2.05, 4.69) is 57.1 Å². The number of anilines is 2. The van der Waals surface area contributed by atoms with Crippen molar-refractivity contribution in [3.63, 3.8) is 0 Å². The number of para-hydroxylation sites is 2. The molecule has 2 aromatic heterocycles. The van der Waals surface area contributed by atoms with Crippen LogP contribution in [-0.2, 0) is 6.42 Å². The van der Waals surface area contributed by atoms with Gasteiger partial charge in [-0.1, -0.05) is 12.1 Å². The molecule has 2 aromatic carbocycles. The van der Waals surface area contributed by atoms with Gasteiger partial charge in [-0.15, -0.1) is 0 Å². The molecule has 1 amide bonds. The fraction of sp³-hybridized carbons (Fsp3) is 0.286. The Labute approximate surface area is 200 Å². The molecule has 0 unspecified atom stereocenters. The van der Waals surface area contributed by atoms with Crippen LogP contribution in [0, 0.1) is 13.8 Å². The lowest BCUT2D eigenvalue weighted by atomic mass is 10.1. The molecule has 1 aliphatic rings. The Balaban J connectivity index is 1.24. The summed E-state index contributed by atoms with van der Waals surface area (Å²) in [5, 5.41) is 4.26. The van der Waals surface area contributed by atoms with E-state index in [4.69, 9.17) is 0 Å². The van der Waals surface area contributed by atoms with Crippen LogP contribution in [0.4, 0.5) is 11.4 Å². The molecule has 34 heavy (non-hydrogen) atoms. The number of nitrogens with zero attached hydrogens (tertiary/aromatic N) is 3. The lowest BCUT2D eigenvalue weighted by Crippen LogP contribution is -2.47. The minimum Gasteiger partial charge on any atom is -0.367 e. The SMILES string of the molecule is Cc1[nH]c2ccc(C(=O)Nc3ccccc3N3CCN(CCc4ccncc4)CC3)cc2c1C. The first-order valence-corrected chi connectivity index (χ1v) is 11.9. The number of piperazine rings is 1. The second-order valence-electron chi connectivity index (χ2n) is 9.04. The minimum atomic E-state index is -0.0800. The van der Waals surface area contributed by atoms with Crippen LogP contribution >= 0.6 is 0 Å². The van der Waals surface area contributed by atoms with Crippen molar-refractivity contribution >= 4 is 28.2 Å². The predicted octanol–water partition coefficient (Wildman–Crippen LogP) is 4.80.